The fourth-order valence-electron chi connectivity index (χ4n) is 2.18. The van der Waals surface area contributed by atoms with Crippen molar-refractivity contribution in [3.8, 4) is 0 Å². The average molecular weight is 220 g/mol. The molecule has 1 unspecified atom stereocenters. The first-order valence-electron chi connectivity index (χ1n) is 6.69. The molecular formula is C16H28. The summed E-state index contributed by atoms with van der Waals surface area (Å²) < 4.78 is 0. The molecule has 0 aliphatic carbocycles. The van der Waals surface area contributed by atoms with Crippen LogP contribution in [0.25, 0.3) is 0 Å². The summed E-state index contributed by atoms with van der Waals surface area (Å²) in [6, 6.07) is 6.88. The van der Waals surface area contributed by atoms with E-state index < -0.39 is 0 Å². The summed E-state index contributed by atoms with van der Waals surface area (Å²) in [7, 11) is 0. The Morgan fingerprint density at radius 3 is 1.94 bits per heavy atom. The maximum absolute atomic E-state index is 2.35. The normalized spacial score (nSPS) is 11.6. The van der Waals surface area contributed by atoms with Crippen LogP contribution < -0.4 is 0 Å². The predicted octanol–water partition coefficient (Wildman–Crippen LogP) is 5.31. The fraction of sp³-hybridized carbons (Fsp3) is 0.625. The van der Waals surface area contributed by atoms with Crippen LogP contribution in [-0.2, 0) is 6.42 Å². The third kappa shape index (κ3) is 5.95. The van der Waals surface area contributed by atoms with Gasteiger partial charge in [-0.05, 0) is 31.7 Å². The lowest BCUT2D eigenvalue weighted by Crippen LogP contribution is -1.99. The molecule has 16 heavy (non-hydrogen) atoms. The maximum atomic E-state index is 2.35. The van der Waals surface area contributed by atoms with Crippen LogP contribution in [-0.4, -0.2) is 0 Å². The lowest BCUT2D eigenvalue weighted by molar-refractivity contribution is 0.522. The predicted molar refractivity (Wildman–Crippen MR) is 75.0 cm³/mol. The van der Waals surface area contributed by atoms with Crippen molar-refractivity contribution in [1.29, 1.82) is 0 Å². The first kappa shape index (κ1) is 15.2. The number of aryl methyl sites for hydroxylation is 2. The molecule has 0 aliphatic heterocycles. The van der Waals surface area contributed by atoms with Crippen molar-refractivity contribution in [2.45, 2.75) is 60.8 Å². The van der Waals surface area contributed by atoms with Crippen LogP contribution in [0.2, 0.25) is 0 Å². The van der Waals surface area contributed by atoms with Gasteiger partial charge >= 0.3 is 0 Å². The second-order valence-corrected chi connectivity index (χ2v) is 4.59. The Hall–Kier alpha value is -0.780. The highest BCUT2D eigenvalue weighted by atomic mass is 14.1. The summed E-state index contributed by atoms with van der Waals surface area (Å²) in [6.07, 6.45) is 3.87. The van der Waals surface area contributed by atoms with Gasteiger partial charge in [-0.3, -0.25) is 0 Å². The van der Waals surface area contributed by atoms with Gasteiger partial charge in [0.05, 0.1) is 0 Å². The molecule has 0 aromatic heterocycles. The number of benzene rings is 1. The van der Waals surface area contributed by atoms with E-state index in [1.54, 1.807) is 0 Å². The zero-order chi connectivity index (χ0) is 12.6. The Balaban J connectivity index is 0.00000106. The third-order valence-corrected chi connectivity index (χ3v) is 2.65. The molecule has 0 saturated carbocycles. The molecule has 0 radical (unpaired) electrons. The van der Waals surface area contributed by atoms with Gasteiger partial charge in [-0.1, -0.05) is 69.9 Å². The molecule has 0 bridgehead atoms. The zero-order valence-electron chi connectivity index (χ0n) is 11.9. The number of rotatable bonds is 4. The molecule has 0 N–H and O–H groups in total. The van der Waals surface area contributed by atoms with Gasteiger partial charge < -0.3 is 0 Å². The number of hydrogen-bond acceptors (Lipinski definition) is 0. The van der Waals surface area contributed by atoms with Crippen LogP contribution in [0, 0.1) is 19.8 Å². The average Bonchev–Trinajstić information content (AvgIpc) is 2.19. The second kappa shape index (κ2) is 8.38. The van der Waals surface area contributed by atoms with Crippen LogP contribution in [0.4, 0.5) is 0 Å². The van der Waals surface area contributed by atoms with Gasteiger partial charge in [0.25, 0.3) is 0 Å². The van der Waals surface area contributed by atoms with Gasteiger partial charge in [0.15, 0.2) is 0 Å². The first-order valence-corrected chi connectivity index (χ1v) is 6.69. The summed E-state index contributed by atoms with van der Waals surface area (Å²) in [6.45, 7) is 13.0. The summed E-state index contributed by atoms with van der Waals surface area (Å²) in [5.41, 5.74) is 4.29. The van der Waals surface area contributed by atoms with E-state index in [0.29, 0.717) is 0 Å². The Kier molecular flexibility index (Phi) is 7.97. The summed E-state index contributed by atoms with van der Waals surface area (Å²) in [4.78, 5) is 0. The highest BCUT2D eigenvalue weighted by Crippen LogP contribution is 2.16. The Morgan fingerprint density at radius 1 is 1.00 bits per heavy atom. The molecule has 0 heteroatoms. The molecule has 0 amide bonds. The molecule has 0 fully saturated rings. The van der Waals surface area contributed by atoms with Crippen LogP contribution in [0.3, 0.4) is 0 Å². The van der Waals surface area contributed by atoms with Crippen LogP contribution in [0.5, 0.6) is 0 Å². The van der Waals surface area contributed by atoms with E-state index in [-0.39, 0.29) is 0 Å². The van der Waals surface area contributed by atoms with Crippen molar-refractivity contribution in [1.82, 2.24) is 0 Å². The smallest absolute Gasteiger partial charge is 0.0253 e. The van der Waals surface area contributed by atoms with Crippen molar-refractivity contribution in [3.05, 3.63) is 34.9 Å². The SMILES string of the molecule is CC.CCCC(C)Cc1cc(C)cc(C)c1. The van der Waals surface area contributed by atoms with E-state index in [2.05, 4.69) is 45.9 Å². The molecule has 1 atom stereocenters. The molecule has 0 nitrogen and oxygen atoms in total. The fourth-order valence-corrected chi connectivity index (χ4v) is 2.18. The van der Waals surface area contributed by atoms with Crippen molar-refractivity contribution in [2.24, 2.45) is 5.92 Å². The Morgan fingerprint density at radius 2 is 1.50 bits per heavy atom. The van der Waals surface area contributed by atoms with Gasteiger partial charge in [0.2, 0.25) is 0 Å². The molecule has 92 valence electrons. The number of hydrogen-bond donors (Lipinski definition) is 0. The largest absolute Gasteiger partial charge is 0.0683 e. The van der Waals surface area contributed by atoms with Gasteiger partial charge in [-0.2, -0.15) is 0 Å². The summed E-state index contributed by atoms with van der Waals surface area (Å²) in [5.74, 6) is 0.821. The van der Waals surface area contributed by atoms with E-state index in [9.17, 15) is 0 Å². The highest BCUT2D eigenvalue weighted by molar-refractivity contribution is 5.28. The van der Waals surface area contributed by atoms with E-state index >= 15 is 0 Å². The lowest BCUT2D eigenvalue weighted by atomic mass is 9.95. The minimum atomic E-state index is 0.821. The standard InChI is InChI=1S/C14H22.C2H6/c1-5-6-11(2)8-14-9-12(3)7-13(4)10-14;1-2/h7,9-11H,5-6,8H2,1-4H3;1-2H3. The van der Waals surface area contributed by atoms with Crippen molar-refractivity contribution >= 4 is 0 Å². The third-order valence-electron chi connectivity index (χ3n) is 2.65. The Labute approximate surface area is 102 Å². The van der Waals surface area contributed by atoms with Crippen LogP contribution in [0.15, 0.2) is 18.2 Å². The Bertz CT molecular complexity index is 266. The quantitative estimate of drug-likeness (QED) is 0.645. The lowest BCUT2D eigenvalue weighted by Gasteiger charge is -2.11. The molecular weight excluding hydrogens is 192 g/mol. The van der Waals surface area contributed by atoms with Crippen molar-refractivity contribution in [3.63, 3.8) is 0 Å². The van der Waals surface area contributed by atoms with E-state index in [1.807, 2.05) is 13.8 Å². The van der Waals surface area contributed by atoms with E-state index in [0.717, 1.165) is 5.92 Å². The molecule has 0 spiro atoms. The van der Waals surface area contributed by atoms with Gasteiger partial charge in [-0.15, -0.1) is 0 Å². The zero-order valence-corrected chi connectivity index (χ0v) is 11.9. The minimum Gasteiger partial charge on any atom is -0.0683 e. The monoisotopic (exact) mass is 220 g/mol. The van der Waals surface area contributed by atoms with Crippen LogP contribution in [0.1, 0.15) is 57.2 Å². The van der Waals surface area contributed by atoms with E-state index in [1.165, 1.54) is 36.0 Å². The highest BCUT2D eigenvalue weighted by Gasteiger charge is 2.03. The van der Waals surface area contributed by atoms with Gasteiger partial charge in [-0.25, -0.2) is 0 Å². The molecule has 1 rings (SSSR count). The molecule has 1 aromatic carbocycles. The van der Waals surface area contributed by atoms with Gasteiger partial charge in [0.1, 0.15) is 0 Å². The molecule has 1 aromatic rings. The van der Waals surface area contributed by atoms with E-state index in [4.69, 9.17) is 0 Å². The second-order valence-electron chi connectivity index (χ2n) is 4.59. The summed E-state index contributed by atoms with van der Waals surface area (Å²) in [5, 5.41) is 0. The maximum Gasteiger partial charge on any atom is -0.0253 e. The van der Waals surface area contributed by atoms with Crippen molar-refractivity contribution < 1.29 is 0 Å². The summed E-state index contributed by atoms with van der Waals surface area (Å²) >= 11 is 0. The molecule has 0 heterocycles. The topological polar surface area (TPSA) is 0 Å². The van der Waals surface area contributed by atoms with Gasteiger partial charge in [0, 0.05) is 0 Å². The first-order chi connectivity index (χ1) is 7.61. The van der Waals surface area contributed by atoms with Crippen LogP contribution >= 0.6 is 0 Å². The van der Waals surface area contributed by atoms with Crippen molar-refractivity contribution in [2.75, 3.05) is 0 Å². The molecule has 0 saturated heterocycles. The molecule has 0 aliphatic rings. The minimum absolute atomic E-state index is 0.821.